The molecule has 2 rings (SSSR count). The van der Waals surface area contributed by atoms with Crippen LogP contribution in [0.25, 0.3) is 0 Å². The van der Waals surface area contributed by atoms with E-state index in [2.05, 4.69) is 12.1 Å². The molecule has 0 saturated carbocycles. The lowest BCUT2D eigenvalue weighted by atomic mass is 10.1. The van der Waals surface area contributed by atoms with Crippen LogP contribution >= 0.6 is 0 Å². The summed E-state index contributed by atoms with van der Waals surface area (Å²) in [5, 5.41) is 8.78. The van der Waals surface area contributed by atoms with Crippen LogP contribution in [0.3, 0.4) is 0 Å². The van der Waals surface area contributed by atoms with Crippen LogP contribution in [0.15, 0.2) is 54.6 Å². The number of rotatable bonds is 6. The van der Waals surface area contributed by atoms with Gasteiger partial charge in [0.1, 0.15) is 0 Å². The van der Waals surface area contributed by atoms with E-state index in [9.17, 15) is 4.79 Å². The van der Waals surface area contributed by atoms with Gasteiger partial charge in [-0.25, -0.2) is 4.79 Å². The van der Waals surface area contributed by atoms with Crippen molar-refractivity contribution in [1.29, 1.82) is 0 Å². The number of hydrogen-bond acceptors (Lipinski definition) is 2. The smallest absolute Gasteiger partial charge is 0.335 e. The molecule has 0 spiro atoms. The molecule has 98 valence electrons. The third kappa shape index (κ3) is 4.23. The zero-order valence-corrected chi connectivity index (χ0v) is 10.6. The molecule has 0 aromatic heterocycles. The van der Waals surface area contributed by atoms with Crippen molar-refractivity contribution in [3.05, 3.63) is 71.3 Å². The minimum Gasteiger partial charge on any atom is -0.478 e. The van der Waals surface area contributed by atoms with Crippen molar-refractivity contribution in [3.8, 4) is 0 Å². The molecular formula is C16H16O3. The Labute approximate surface area is 112 Å². The monoisotopic (exact) mass is 256 g/mol. The maximum Gasteiger partial charge on any atom is 0.335 e. The average molecular weight is 256 g/mol. The van der Waals surface area contributed by atoms with Gasteiger partial charge in [0.2, 0.25) is 0 Å². The van der Waals surface area contributed by atoms with E-state index in [1.54, 1.807) is 24.3 Å². The zero-order valence-electron chi connectivity index (χ0n) is 10.6. The third-order valence-corrected chi connectivity index (χ3v) is 2.85. The maximum atomic E-state index is 10.7. The van der Waals surface area contributed by atoms with Crippen molar-refractivity contribution in [2.24, 2.45) is 0 Å². The van der Waals surface area contributed by atoms with Gasteiger partial charge >= 0.3 is 5.97 Å². The molecule has 0 saturated heterocycles. The lowest BCUT2D eigenvalue weighted by molar-refractivity contribution is 0.0696. The zero-order chi connectivity index (χ0) is 13.5. The predicted octanol–water partition coefficient (Wildman–Crippen LogP) is 3.14. The summed E-state index contributed by atoms with van der Waals surface area (Å²) in [7, 11) is 0. The van der Waals surface area contributed by atoms with Crippen LogP contribution < -0.4 is 0 Å². The molecule has 0 heterocycles. The molecule has 0 fully saturated rings. The molecule has 2 aromatic rings. The van der Waals surface area contributed by atoms with E-state index in [4.69, 9.17) is 9.84 Å². The number of benzene rings is 2. The molecule has 2 aromatic carbocycles. The quantitative estimate of drug-likeness (QED) is 0.808. The molecule has 3 nitrogen and oxygen atoms in total. The predicted molar refractivity (Wildman–Crippen MR) is 73.2 cm³/mol. The van der Waals surface area contributed by atoms with Gasteiger partial charge in [-0.15, -0.1) is 0 Å². The summed E-state index contributed by atoms with van der Waals surface area (Å²) in [6, 6.07) is 16.9. The number of hydrogen-bond donors (Lipinski definition) is 1. The van der Waals surface area contributed by atoms with Crippen LogP contribution in [0.5, 0.6) is 0 Å². The fourth-order valence-electron chi connectivity index (χ4n) is 1.77. The fraction of sp³-hybridized carbons (Fsp3) is 0.188. The van der Waals surface area contributed by atoms with Gasteiger partial charge in [0, 0.05) is 0 Å². The normalized spacial score (nSPS) is 10.3. The highest BCUT2D eigenvalue weighted by molar-refractivity contribution is 5.87. The van der Waals surface area contributed by atoms with E-state index < -0.39 is 5.97 Å². The molecule has 0 bridgehead atoms. The van der Waals surface area contributed by atoms with Crippen molar-refractivity contribution < 1.29 is 14.6 Å². The van der Waals surface area contributed by atoms with Gasteiger partial charge in [0.15, 0.2) is 0 Å². The van der Waals surface area contributed by atoms with Crippen LogP contribution in [0.1, 0.15) is 21.5 Å². The van der Waals surface area contributed by atoms with E-state index in [-0.39, 0.29) is 0 Å². The lowest BCUT2D eigenvalue weighted by Crippen LogP contribution is -2.00. The van der Waals surface area contributed by atoms with Crippen molar-refractivity contribution >= 4 is 5.97 Å². The third-order valence-electron chi connectivity index (χ3n) is 2.85. The molecule has 0 aliphatic carbocycles. The Bertz CT molecular complexity index is 517. The van der Waals surface area contributed by atoms with Gasteiger partial charge in [-0.1, -0.05) is 42.5 Å². The molecule has 3 heteroatoms. The number of carboxylic acid groups (broad SMARTS) is 1. The van der Waals surface area contributed by atoms with E-state index in [1.165, 1.54) is 5.56 Å². The van der Waals surface area contributed by atoms with Crippen LogP contribution in [-0.4, -0.2) is 17.7 Å². The lowest BCUT2D eigenvalue weighted by Gasteiger charge is -2.05. The second-order valence-electron chi connectivity index (χ2n) is 4.29. The van der Waals surface area contributed by atoms with Gasteiger partial charge < -0.3 is 9.84 Å². The van der Waals surface area contributed by atoms with Gasteiger partial charge in [-0.05, 0) is 29.7 Å². The number of carboxylic acids is 1. The largest absolute Gasteiger partial charge is 0.478 e. The summed E-state index contributed by atoms with van der Waals surface area (Å²) < 4.78 is 5.58. The van der Waals surface area contributed by atoms with Gasteiger partial charge in [0.25, 0.3) is 0 Å². The summed E-state index contributed by atoms with van der Waals surface area (Å²) in [4.78, 5) is 10.7. The van der Waals surface area contributed by atoms with E-state index >= 15 is 0 Å². The fourth-order valence-corrected chi connectivity index (χ4v) is 1.77. The van der Waals surface area contributed by atoms with Crippen molar-refractivity contribution in [3.63, 3.8) is 0 Å². The summed E-state index contributed by atoms with van der Waals surface area (Å²) in [6.07, 6.45) is 0.883. The van der Waals surface area contributed by atoms with Crippen LogP contribution in [0.2, 0.25) is 0 Å². The maximum absolute atomic E-state index is 10.7. The van der Waals surface area contributed by atoms with Crippen LogP contribution in [0.4, 0.5) is 0 Å². The first-order chi connectivity index (χ1) is 9.25. The number of carbonyl (C=O) groups is 1. The molecule has 1 N–H and O–H groups in total. The van der Waals surface area contributed by atoms with Gasteiger partial charge in [0.05, 0.1) is 18.8 Å². The van der Waals surface area contributed by atoms with Crippen LogP contribution in [-0.2, 0) is 17.8 Å². The van der Waals surface area contributed by atoms with Crippen molar-refractivity contribution in [1.82, 2.24) is 0 Å². The Kier molecular flexibility index (Phi) is 4.70. The van der Waals surface area contributed by atoms with E-state index in [0.717, 1.165) is 12.0 Å². The Morgan fingerprint density at radius 2 is 1.63 bits per heavy atom. The minimum atomic E-state index is -0.906. The first-order valence-corrected chi connectivity index (χ1v) is 6.19. The first kappa shape index (κ1) is 13.3. The highest BCUT2D eigenvalue weighted by Crippen LogP contribution is 2.06. The second-order valence-corrected chi connectivity index (χ2v) is 4.29. The summed E-state index contributed by atoms with van der Waals surface area (Å²) in [6.45, 7) is 1.16. The summed E-state index contributed by atoms with van der Waals surface area (Å²) in [5.41, 5.74) is 2.54. The average Bonchev–Trinajstić information content (AvgIpc) is 2.45. The van der Waals surface area contributed by atoms with E-state index in [0.29, 0.717) is 18.8 Å². The van der Waals surface area contributed by atoms with Crippen LogP contribution in [0, 0.1) is 0 Å². The molecular weight excluding hydrogens is 240 g/mol. The Hall–Kier alpha value is -2.13. The minimum absolute atomic E-state index is 0.299. The van der Waals surface area contributed by atoms with Crippen molar-refractivity contribution in [2.75, 3.05) is 6.61 Å². The molecule has 0 aliphatic heterocycles. The topological polar surface area (TPSA) is 46.5 Å². The highest BCUT2D eigenvalue weighted by Gasteiger charge is 2.01. The first-order valence-electron chi connectivity index (χ1n) is 6.19. The van der Waals surface area contributed by atoms with Gasteiger partial charge in [-0.2, -0.15) is 0 Å². The Morgan fingerprint density at radius 3 is 2.26 bits per heavy atom. The van der Waals surface area contributed by atoms with Crippen molar-refractivity contribution in [2.45, 2.75) is 13.0 Å². The summed E-state index contributed by atoms with van der Waals surface area (Å²) in [5.74, 6) is -0.906. The van der Waals surface area contributed by atoms with Gasteiger partial charge in [-0.3, -0.25) is 0 Å². The standard InChI is InChI=1S/C16H16O3/c17-16(18)15-8-6-14(7-9-15)12-19-11-10-13-4-2-1-3-5-13/h1-9H,10-12H2,(H,17,18). The second kappa shape index (κ2) is 6.71. The molecule has 0 unspecified atom stereocenters. The molecule has 0 aliphatic rings. The molecule has 0 amide bonds. The number of aromatic carboxylic acids is 1. The summed E-state index contributed by atoms with van der Waals surface area (Å²) >= 11 is 0. The Morgan fingerprint density at radius 1 is 0.947 bits per heavy atom. The molecule has 0 radical (unpaired) electrons. The Balaban J connectivity index is 1.75. The number of ether oxygens (including phenoxy) is 1. The molecule has 19 heavy (non-hydrogen) atoms. The SMILES string of the molecule is O=C(O)c1ccc(COCCc2ccccc2)cc1. The highest BCUT2D eigenvalue weighted by atomic mass is 16.5. The van der Waals surface area contributed by atoms with E-state index in [1.807, 2.05) is 18.2 Å². The molecule has 0 atom stereocenters.